The molecule has 2 aromatic carbocycles. The molecule has 0 amide bonds. The van der Waals surface area contributed by atoms with Crippen molar-refractivity contribution in [2.24, 2.45) is 0 Å². The molecule has 3 aromatic rings. The van der Waals surface area contributed by atoms with Gasteiger partial charge in [0.1, 0.15) is 5.82 Å². The summed E-state index contributed by atoms with van der Waals surface area (Å²) in [6.07, 6.45) is 6.33. The Kier molecular flexibility index (Phi) is 4.82. The first-order chi connectivity index (χ1) is 12.7. The fourth-order valence-corrected chi connectivity index (χ4v) is 3.87. The maximum atomic E-state index is 13.4. The highest BCUT2D eigenvalue weighted by atomic mass is 19.1. The highest BCUT2D eigenvalue weighted by molar-refractivity contribution is 5.38. The van der Waals surface area contributed by atoms with Crippen molar-refractivity contribution in [1.29, 1.82) is 0 Å². The minimum absolute atomic E-state index is 0.0142. The quantitative estimate of drug-likeness (QED) is 0.714. The maximum Gasteiger partial charge on any atom is 0.123 e. The van der Waals surface area contributed by atoms with E-state index in [2.05, 4.69) is 22.4 Å². The second-order valence-electron chi connectivity index (χ2n) is 6.83. The standard InChI is InChI=1S/C21H22FN3O/c22-17-7-5-15(6-8-17)21(12-25-10-9-23-14-25)24-20-11-16(13-26)18-3-1-2-4-19(18)20/h1-10,14,16,20-21,24,26H,11-13H2/t16-,20-,21?/m0/s1. The first kappa shape index (κ1) is 16.9. The van der Waals surface area contributed by atoms with Crippen molar-refractivity contribution < 1.29 is 9.50 Å². The van der Waals surface area contributed by atoms with E-state index >= 15 is 0 Å². The zero-order valence-electron chi connectivity index (χ0n) is 14.4. The van der Waals surface area contributed by atoms with Gasteiger partial charge >= 0.3 is 0 Å². The molecule has 0 aliphatic heterocycles. The monoisotopic (exact) mass is 351 g/mol. The Bertz CT molecular complexity index is 848. The lowest BCUT2D eigenvalue weighted by Crippen LogP contribution is -2.28. The van der Waals surface area contributed by atoms with Crippen molar-refractivity contribution in [2.75, 3.05) is 6.61 Å². The van der Waals surface area contributed by atoms with Crippen LogP contribution in [0.1, 0.15) is 41.1 Å². The first-order valence-corrected chi connectivity index (χ1v) is 8.91. The fraction of sp³-hybridized carbons (Fsp3) is 0.286. The van der Waals surface area contributed by atoms with Gasteiger partial charge in [-0.3, -0.25) is 0 Å². The smallest absolute Gasteiger partial charge is 0.123 e. The van der Waals surface area contributed by atoms with Crippen molar-refractivity contribution in [3.8, 4) is 0 Å². The zero-order valence-corrected chi connectivity index (χ0v) is 14.4. The molecule has 1 aromatic heterocycles. The van der Waals surface area contributed by atoms with Gasteiger partial charge in [-0.2, -0.15) is 0 Å². The molecule has 1 aliphatic rings. The summed E-state index contributed by atoms with van der Waals surface area (Å²) >= 11 is 0. The van der Waals surface area contributed by atoms with Crippen LogP contribution in [0.3, 0.4) is 0 Å². The number of hydrogen-bond donors (Lipinski definition) is 2. The third-order valence-corrected chi connectivity index (χ3v) is 5.18. The number of rotatable bonds is 6. The van der Waals surface area contributed by atoms with E-state index in [1.54, 1.807) is 12.5 Å². The number of fused-ring (bicyclic) bond motifs is 1. The van der Waals surface area contributed by atoms with Crippen LogP contribution in [0.15, 0.2) is 67.3 Å². The fourth-order valence-electron chi connectivity index (χ4n) is 3.87. The van der Waals surface area contributed by atoms with Crippen LogP contribution in [-0.2, 0) is 6.54 Å². The lowest BCUT2D eigenvalue weighted by atomic mass is 10.0. The van der Waals surface area contributed by atoms with Crippen LogP contribution < -0.4 is 5.32 Å². The topological polar surface area (TPSA) is 50.1 Å². The highest BCUT2D eigenvalue weighted by Gasteiger charge is 2.31. The molecule has 134 valence electrons. The van der Waals surface area contributed by atoms with E-state index in [0.29, 0.717) is 6.54 Å². The molecule has 2 N–H and O–H groups in total. The van der Waals surface area contributed by atoms with E-state index in [1.165, 1.54) is 23.3 Å². The summed E-state index contributed by atoms with van der Waals surface area (Å²) in [4.78, 5) is 4.12. The number of aliphatic hydroxyl groups excluding tert-OH is 1. The molecule has 1 unspecified atom stereocenters. The first-order valence-electron chi connectivity index (χ1n) is 8.91. The summed E-state index contributed by atoms with van der Waals surface area (Å²) in [6.45, 7) is 0.853. The van der Waals surface area contributed by atoms with Crippen LogP contribution in [0.25, 0.3) is 0 Å². The number of halogens is 1. The molecule has 1 heterocycles. The van der Waals surface area contributed by atoms with Crippen LogP contribution in [0.5, 0.6) is 0 Å². The molecular weight excluding hydrogens is 329 g/mol. The van der Waals surface area contributed by atoms with E-state index in [0.717, 1.165) is 12.0 Å². The zero-order chi connectivity index (χ0) is 17.9. The Morgan fingerprint density at radius 3 is 2.62 bits per heavy atom. The average molecular weight is 351 g/mol. The lowest BCUT2D eigenvalue weighted by molar-refractivity contribution is 0.255. The predicted molar refractivity (Wildman–Crippen MR) is 98.1 cm³/mol. The van der Waals surface area contributed by atoms with Gasteiger partial charge in [-0.25, -0.2) is 9.37 Å². The van der Waals surface area contributed by atoms with Gasteiger partial charge in [0.2, 0.25) is 0 Å². The largest absolute Gasteiger partial charge is 0.396 e. The molecule has 4 rings (SSSR count). The molecule has 1 aliphatic carbocycles. The summed E-state index contributed by atoms with van der Waals surface area (Å²) in [5.74, 6) is -0.0764. The molecule has 5 heteroatoms. The second kappa shape index (κ2) is 7.40. The second-order valence-corrected chi connectivity index (χ2v) is 6.83. The number of aromatic nitrogens is 2. The number of aliphatic hydroxyl groups is 1. The maximum absolute atomic E-state index is 13.4. The van der Waals surface area contributed by atoms with Crippen LogP contribution in [-0.4, -0.2) is 21.3 Å². The molecule has 26 heavy (non-hydrogen) atoms. The molecule has 0 fully saturated rings. The van der Waals surface area contributed by atoms with Crippen LogP contribution >= 0.6 is 0 Å². The van der Waals surface area contributed by atoms with Gasteiger partial charge in [0.25, 0.3) is 0 Å². The van der Waals surface area contributed by atoms with Gasteiger partial charge < -0.3 is 15.0 Å². The van der Waals surface area contributed by atoms with E-state index in [4.69, 9.17) is 0 Å². The van der Waals surface area contributed by atoms with Gasteiger partial charge in [-0.1, -0.05) is 36.4 Å². The van der Waals surface area contributed by atoms with E-state index in [9.17, 15) is 9.50 Å². The lowest BCUT2D eigenvalue weighted by Gasteiger charge is -2.25. The molecular formula is C21H22FN3O. The minimum Gasteiger partial charge on any atom is -0.396 e. The van der Waals surface area contributed by atoms with Gasteiger partial charge in [0.05, 0.1) is 19.0 Å². The number of nitrogens with one attached hydrogen (secondary N) is 1. The summed E-state index contributed by atoms with van der Waals surface area (Å²) in [5.41, 5.74) is 3.49. The van der Waals surface area contributed by atoms with Crippen molar-refractivity contribution in [1.82, 2.24) is 14.9 Å². The molecule has 4 nitrogen and oxygen atoms in total. The van der Waals surface area contributed by atoms with Crippen molar-refractivity contribution in [2.45, 2.75) is 31.0 Å². The summed E-state index contributed by atoms with van der Waals surface area (Å²) in [6, 6.07) is 15.1. The van der Waals surface area contributed by atoms with Crippen LogP contribution in [0, 0.1) is 5.82 Å². The molecule has 0 radical (unpaired) electrons. The Labute approximate surface area is 152 Å². The van der Waals surface area contributed by atoms with Crippen molar-refractivity contribution in [3.63, 3.8) is 0 Å². The van der Waals surface area contributed by atoms with Gasteiger partial charge in [0.15, 0.2) is 0 Å². The number of hydrogen-bond acceptors (Lipinski definition) is 3. The third kappa shape index (κ3) is 3.41. The molecule has 3 atom stereocenters. The van der Waals surface area contributed by atoms with Crippen molar-refractivity contribution >= 4 is 0 Å². The van der Waals surface area contributed by atoms with E-state index < -0.39 is 0 Å². The molecule has 0 spiro atoms. The van der Waals surface area contributed by atoms with Gasteiger partial charge in [0, 0.05) is 30.9 Å². The SMILES string of the molecule is OC[C@@H]1C[C@H](NC(Cn2ccnc2)c2ccc(F)cc2)c2ccccc21. The van der Waals surface area contributed by atoms with Gasteiger partial charge in [-0.05, 0) is 35.2 Å². The molecule has 0 bridgehead atoms. The highest BCUT2D eigenvalue weighted by Crippen LogP contribution is 2.41. The predicted octanol–water partition coefficient (Wildman–Crippen LogP) is 3.57. The number of imidazole rings is 1. The number of nitrogens with zero attached hydrogens (tertiary/aromatic N) is 2. The normalized spacial score (nSPS) is 20.1. The summed E-state index contributed by atoms with van der Waals surface area (Å²) in [5, 5.41) is 13.5. The summed E-state index contributed by atoms with van der Waals surface area (Å²) in [7, 11) is 0. The van der Waals surface area contributed by atoms with Crippen LogP contribution in [0.4, 0.5) is 4.39 Å². The van der Waals surface area contributed by atoms with Crippen LogP contribution in [0.2, 0.25) is 0 Å². The number of benzene rings is 2. The molecule has 0 saturated heterocycles. The minimum atomic E-state index is -0.235. The van der Waals surface area contributed by atoms with Crippen molar-refractivity contribution in [3.05, 3.63) is 89.8 Å². The third-order valence-electron chi connectivity index (χ3n) is 5.18. The molecule has 0 saturated carbocycles. The van der Waals surface area contributed by atoms with E-state index in [-0.39, 0.29) is 30.4 Å². The Morgan fingerprint density at radius 2 is 1.92 bits per heavy atom. The summed E-state index contributed by atoms with van der Waals surface area (Å²) < 4.78 is 15.4. The Balaban J connectivity index is 1.61. The average Bonchev–Trinajstić information content (AvgIpc) is 3.30. The Morgan fingerprint density at radius 1 is 1.15 bits per heavy atom. The van der Waals surface area contributed by atoms with Gasteiger partial charge in [-0.15, -0.1) is 0 Å². The van der Waals surface area contributed by atoms with E-state index in [1.807, 2.05) is 35.0 Å². The Hall–Kier alpha value is -2.50.